The van der Waals surface area contributed by atoms with Crippen LogP contribution < -0.4 is 15.8 Å². The summed E-state index contributed by atoms with van der Waals surface area (Å²) in [4.78, 5) is 2.49. The largest absolute Gasteiger partial charge is 0.456 e. The van der Waals surface area contributed by atoms with Gasteiger partial charge in [-0.2, -0.15) is 0 Å². The van der Waals surface area contributed by atoms with Crippen molar-refractivity contribution in [3.63, 3.8) is 0 Å². The Morgan fingerprint density at radius 3 is 1.78 bits per heavy atom. The van der Waals surface area contributed by atoms with E-state index in [1.54, 1.807) is 0 Å². The Kier molecular flexibility index (Phi) is 6.07. The molecule has 0 radical (unpaired) electrons. The second-order valence-corrected chi connectivity index (χ2v) is 16.0. The second-order valence-electron chi connectivity index (χ2n) is 16.0. The highest BCUT2D eigenvalue weighted by Gasteiger charge is 2.44. The van der Waals surface area contributed by atoms with Crippen LogP contribution in [0.4, 0.5) is 17.1 Å². The summed E-state index contributed by atoms with van der Waals surface area (Å²) in [7, 11) is 0. The predicted octanol–water partition coefficient (Wildman–Crippen LogP) is 13.3. The van der Waals surface area contributed by atoms with E-state index in [-0.39, 0.29) is 6.85 Å². The number of fused-ring (bicyclic) bond motifs is 14. The third kappa shape index (κ3) is 4.18. The van der Waals surface area contributed by atoms with E-state index in [2.05, 4.69) is 197 Å². The molecule has 0 bridgehead atoms. The monoisotopic (exact) mass is 750 g/mol. The molecule has 12 aromatic rings. The van der Waals surface area contributed by atoms with Gasteiger partial charge in [0.2, 0.25) is 0 Å². The molecule has 3 aromatic heterocycles. The molecule has 0 unspecified atom stereocenters. The van der Waals surface area contributed by atoms with Gasteiger partial charge in [-0.25, -0.2) is 0 Å². The average molecular weight is 751 g/mol. The van der Waals surface area contributed by atoms with E-state index in [1.807, 2.05) is 0 Å². The summed E-state index contributed by atoms with van der Waals surface area (Å²) in [6.07, 6.45) is 0. The summed E-state index contributed by atoms with van der Waals surface area (Å²) >= 11 is 0. The quantitative estimate of drug-likeness (QED) is 0.169. The van der Waals surface area contributed by atoms with Gasteiger partial charge < -0.3 is 18.2 Å². The predicted molar refractivity (Wildman–Crippen MR) is 245 cm³/mol. The SMILES string of the molecule is c1ccc(-c2cc(-c3ccccc3)cc(N3c4cc5oc6ccccc6c5cc4B4c5c3cc3oc6ccccc6c3c5-c3cccc5c6ccccc6n4c35)c2)cc1. The summed E-state index contributed by atoms with van der Waals surface area (Å²) in [6.45, 7) is -0.134. The maximum atomic E-state index is 6.88. The summed E-state index contributed by atoms with van der Waals surface area (Å²) in [6, 6.07) is 68.2. The minimum Gasteiger partial charge on any atom is -0.456 e. The number of para-hydroxylation sites is 4. The standard InChI is InChI=1S/C54H31BN2O2/c1-3-14-32(15-4-1)34-26-35(33-16-5-2-6-17-33)28-36(27-34)56-45-30-49-42(38-19-8-11-24-47(38)58-49)29-43(45)55-53-46(56)31-50-51(40-20-9-12-25-48(40)59-50)52(53)41-22-13-21-39-37-18-7-10-23-44(37)57(55)54(39)41/h1-31H. The van der Waals surface area contributed by atoms with Crippen LogP contribution in [-0.4, -0.2) is 11.3 Å². The lowest BCUT2D eigenvalue weighted by Gasteiger charge is -2.40. The molecule has 0 saturated carbocycles. The number of hydrogen-bond donors (Lipinski definition) is 0. The molecule has 0 N–H and O–H groups in total. The summed E-state index contributed by atoms with van der Waals surface area (Å²) in [5, 5.41) is 7.05. The normalized spacial score (nSPS) is 13.0. The first kappa shape index (κ1) is 31.3. The number of nitrogens with zero attached hydrogens (tertiary/aromatic N) is 2. The molecule has 2 aliphatic heterocycles. The van der Waals surface area contributed by atoms with E-state index >= 15 is 0 Å². The van der Waals surface area contributed by atoms with E-state index in [4.69, 9.17) is 8.83 Å². The van der Waals surface area contributed by atoms with Crippen LogP contribution in [0.5, 0.6) is 0 Å². The molecule has 0 aliphatic carbocycles. The number of hydrogen-bond acceptors (Lipinski definition) is 3. The van der Waals surface area contributed by atoms with E-state index in [9.17, 15) is 0 Å². The van der Waals surface area contributed by atoms with Gasteiger partial charge in [-0.3, -0.25) is 0 Å². The van der Waals surface area contributed by atoms with Crippen LogP contribution in [-0.2, 0) is 0 Å². The van der Waals surface area contributed by atoms with Crippen LogP contribution in [0, 0.1) is 0 Å². The van der Waals surface area contributed by atoms with Gasteiger partial charge in [0.25, 0.3) is 0 Å². The summed E-state index contributed by atoms with van der Waals surface area (Å²) < 4.78 is 16.2. The molecule has 0 fully saturated rings. The van der Waals surface area contributed by atoms with Crippen molar-refractivity contribution in [1.29, 1.82) is 0 Å². The fourth-order valence-corrected chi connectivity index (χ4v) is 10.5. The molecular formula is C54H31BN2O2. The maximum absolute atomic E-state index is 6.88. The van der Waals surface area contributed by atoms with Gasteiger partial charge in [0.1, 0.15) is 22.3 Å². The van der Waals surface area contributed by atoms with Gasteiger partial charge in [0.15, 0.2) is 0 Å². The molecule has 0 amide bonds. The Morgan fingerprint density at radius 1 is 0.407 bits per heavy atom. The molecule has 2 aliphatic rings. The van der Waals surface area contributed by atoms with Gasteiger partial charge in [-0.05, 0) is 75.1 Å². The first-order chi connectivity index (χ1) is 29.3. The molecular weight excluding hydrogens is 719 g/mol. The number of furan rings is 2. The topological polar surface area (TPSA) is 34.5 Å². The van der Waals surface area contributed by atoms with Crippen molar-refractivity contribution in [2.75, 3.05) is 4.90 Å². The molecule has 4 nitrogen and oxygen atoms in total. The van der Waals surface area contributed by atoms with Gasteiger partial charge in [0, 0.05) is 78.1 Å². The van der Waals surface area contributed by atoms with E-state index in [0.717, 1.165) is 72.1 Å². The molecule has 0 atom stereocenters. The minimum absolute atomic E-state index is 0.134. The first-order valence-corrected chi connectivity index (χ1v) is 20.3. The Hall–Kier alpha value is -7.76. The summed E-state index contributed by atoms with van der Waals surface area (Å²) in [5.41, 5.74) is 18.9. The van der Waals surface area contributed by atoms with E-state index < -0.39 is 0 Å². The van der Waals surface area contributed by atoms with Crippen molar-refractivity contribution < 1.29 is 8.83 Å². The third-order valence-electron chi connectivity index (χ3n) is 12.9. The lowest BCUT2D eigenvalue weighted by molar-refractivity contribution is 0.669. The molecule has 5 heteroatoms. The zero-order chi connectivity index (χ0) is 38.3. The van der Waals surface area contributed by atoms with Gasteiger partial charge in [0.05, 0.1) is 0 Å². The number of benzene rings is 9. The number of aromatic nitrogens is 1. The van der Waals surface area contributed by atoms with Crippen LogP contribution in [0.15, 0.2) is 197 Å². The minimum atomic E-state index is -0.134. The highest BCUT2D eigenvalue weighted by atomic mass is 16.3. The molecule has 9 aromatic carbocycles. The van der Waals surface area contributed by atoms with Gasteiger partial charge >= 0.3 is 6.85 Å². The van der Waals surface area contributed by atoms with Gasteiger partial charge in [-0.15, -0.1) is 0 Å². The lowest BCUT2D eigenvalue weighted by Crippen LogP contribution is -2.56. The van der Waals surface area contributed by atoms with Crippen molar-refractivity contribution in [2.45, 2.75) is 0 Å². The smallest absolute Gasteiger partial charge is 0.333 e. The summed E-state index contributed by atoms with van der Waals surface area (Å²) in [5.74, 6) is 0. The van der Waals surface area contributed by atoms with Crippen LogP contribution in [0.2, 0.25) is 0 Å². The molecule has 5 heterocycles. The Labute approximate surface area is 338 Å². The highest BCUT2D eigenvalue weighted by molar-refractivity contribution is 6.90. The van der Waals surface area contributed by atoms with Crippen molar-refractivity contribution in [2.24, 2.45) is 0 Å². The van der Waals surface area contributed by atoms with Crippen molar-refractivity contribution in [3.8, 4) is 33.4 Å². The first-order valence-electron chi connectivity index (χ1n) is 20.3. The molecule has 59 heavy (non-hydrogen) atoms. The van der Waals surface area contributed by atoms with Crippen molar-refractivity contribution >= 4 is 101 Å². The third-order valence-corrected chi connectivity index (χ3v) is 12.9. The fraction of sp³-hybridized carbons (Fsp3) is 0. The van der Waals surface area contributed by atoms with Gasteiger partial charge in [-0.1, -0.05) is 140 Å². The van der Waals surface area contributed by atoms with Crippen LogP contribution in [0.25, 0.3) is 99.1 Å². The van der Waals surface area contributed by atoms with Crippen LogP contribution in [0.3, 0.4) is 0 Å². The van der Waals surface area contributed by atoms with Crippen molar-refractivity contribution in [1.82, 2.24) is 4.48 Å². The average Bonchev–Trinajstić information content (AvgIpc) is 3.97. The fourth-order valence-electron chi connectivity index (χ4n) is 10.5. The van der Waals surface area contributed by atoms with Crippen LogP contribution >= 0.6 is 0 Å². The zero-order valence-electron chi connectivity index (χ0n) is 31.7. The second kappa shape index (κ2) is 11.4. The van der Waals surface area contributed by atoms with E-state index in [0.29, 0.717) is 0 Å². The molecule has 272 valence electrons. The maximum Gasteiger partial charge on any atom is 0.333 e. The zero-order valence-corrected chi connectivity index (χ0v) is 31.7. The van der Waals surface area contributed by atoms with Crippen LogP contribution in [0.1, 0.15) is 0 Å². The highest BCUT2D eigenvalue weighted by Crippen LogP contribution is 2.51. The Balaban J connectivity index is 1.19. The molecule has 0 saturated heterocycles. The molecule has 14 rings (SSSR count). The number of rotatable bonds is 3. The lowest BCUT2D eigenvalue weighted by atomic mass is 9.44. The number of anilines is 3. The van der Waals surface area contributed by atoms with Crippen molar-refractivity contribution in [3.05, 3.63) is 188 Å². The Bertz CT molecular complexity index is 3690. The van der Waals surface area contributed by atoms with E-state index in [1.165, 1.54) is 55.0 Å². The Morgan fingerprint density at radius 2 is 1.02 bits per heavy atom. The molecule has 0 spiro atoms.